The number of carbonyl (C=O) groups is 1. The van der Waals surface area contributed by atoms with Gasteiger partial charge in [0.15, 0.2) is 0 Å². The number of hydrogen-bond acceptors (Lipinski definition) is 3. The van der Waals surface area contributed by atoms with Gasteiger partial charge in [0.05, 0.1) is 11.6 Å². The number of aromatic nitrogens is 1. The van der Waals surface area contributed by atoms with Gasteiger partial charge in [-0.3, -0.25) is 9.78 Å². The third kappa shape index (κ3) is 2.63. The highest BCUT2D eigenvalue weighted by Gasteiger charge is 2.26. The normalized spacial score (nSPS) is 17.4. The fourth-order valence-corrected chi connectivity index (χ4v) is 4.29. The Morgan fingerprint density at radius 3 is 3.08 bits per heavy atom. The van der Waals surface area contributed by atoms with E-state index in [1.54, 1.807) is 23.6 Å². The number of thiophene rings is 1. The number of hydrogen-bond donors (Lipinski definition) is 0. The van der Waals surface area contributed by atoms with Crippen LogP contribution in [0.4, 0.5) is 0 Å². The highest BCUT2D eigenvalue weighted by atomic mass is 32.1. The average molecular weight is 334 g/mol. The van der Waals surface area contributed by atoms with E-state index in [0.29, 0.717) is 0 Å². The molecule has 1 aliphatic heterocycles. The molecule has 4 rings (SSSR count). The Hall–Kier alpha value is -2.46. The van der Waals surface area contributed by atoms with Crippen LogP contribution in [0.15, 0.2) is 54.1 Å². The van der Waals surface area contributed by atoms with E-state index in [4.69, 9.17) is 0 Å². The Kier molecular flexibility index (Phi) is 3.90. The summed E-state index contributed by atoms with van der Waals surface area (Å²) in [5.74, 6) is 0.0623. The minimum Gasteiger partial charge on any atom is -0.332 e. The Bertz CT molecular complexity index is 923. The maximum absolute atomic E-state index is 12.7. The molecular weight excluding hydrogens is 316 g/mol. The first-order valence-electron chi connectivity index (χ1n) is 8.13. The van der Waals surface area contributed by atoms with Crippen molar-refractivity contribution in [3.8, 4) is 0 Å². The summed E-state index contributed by atoms with van der Waals surface area (Å²) < 4.78 is 0. The Labute approximate surface area is 145 Å². The topological polar surface area (TPSA) is 33.2 Å². The summed E-state index contributed by atoms with van der Waals surface area (Å²) in [4.78, 5) is 20.5. The van der Waals surface area contributed by atoms with E-state index in [0.717, 1.165) is 29.4 Å². The van der Waals surface area contributed by atoms with Gasteiger partial charge in [-0.2, -0.15) is 0 Å². The second-order valence-corrected chi connectivity index (χ2v) is 7.01. The summed E-state index contributed by atoms with van der Waals surface area (Å²) >= 11 is 1.79. The van der Waals surface area contributed by atoms with Crippen molar-refractivity contribution >= 4 is 34.2 Å². The van der Waals surface area contributed by atoms with Crippen molar-refractivity contribution < 1.29 is 4.79 Å². The summed E-state index contributed by atoms with van der Waals surface area (Å²) in [5.41, 5.74) is 3.19. The number of rotatable bonds is 2. The van der Waals surface area contributed by atoms with Gasteiger partial charge >= 0.3 is 0 Å². The molecule has 0 saturated carbocycles. The van der Waals surface area contributed by atoms with Crippen molar-refractivity contribution in [2.24, 2.45) is 0 Å². The van der Waals surface area contributed by atoms with E-state index < -0.39 is 0 Å². The van der Waals surface area contributed by atoms with Crippen LogP contribution >= 0.6 is 11.3 Å². The number of carbonyl (C=O) groups excluding carboxylic acids is 1. The number of para-hydroxylation sites is 1. The first-order valence-corrected chi connectivity index (χ1v) is 9.01. The van der Waals surface area contributed by atoms with Crippen LogP contribution in [0.3, 0.4) is 0 Å². The minimum atomic E-state index is 0.0623. The standard InChI is InChI=1S/C20H18N2OS/c1-14-17-10-13-24-18(17)9-12-22(14)19(23)8-7-16-5-2-4-15-6-3-11-21-20(15)16/h2-8,10-11,13-14H,9,12H2,1H3/b8-7+. The van der Waals surface area contributed by atoms with Crippen LogP contribution in [0.25, 0.3) is 17.0 Å². The van der Waals surface area contributed by atoms with Gasteiger partial charge in [-0.05, 0) is 42.5 Å². The van der Waals surface area contributed by atoms with E-state index in [1.165, 1.54) is 10.4 Å². The monoisotopic (exact) mass is 334 g/mol. The van der Waals surface area contributed by atoms with Gasteiger partial charge in [0.2, 0.25) is 5.91 Å². The highest BCUT2D eigenvalue weighted by Crippen LogP contribution is 2.33. The van der Waals surface area contributed by atoms with E-state index in [9.17, 15) is 4.79 Å². The maximum Gasteiger partial charge on any atom is 0.247 e. The van der Waals surface area contributed by atoms with E-state index in [2.05, 4.69) is 23.4 Å². The lowest BCUT2D eigenvalue weighted by Crippen LogP contribution is -2.37. The van der Waals surface area contributed by atoms with E-state index in [1.807, 2.05) is 41.3 Å². The molecule has 1 aliphatic rings. The van der Waals surface area contributed by atoms with Gasteiger partial charge in [-0.25, -0.2) is 0 Å². The summed E-state index contributed by atoms with van der Waals surface area (Å²) in [7, 11) is 0. The largest absolute Gasteiger partial charge is 0.332 e. The number of nitrogens with zero attached hydrogens (tertiary/aromatic N) is 2. The molecule has 0 fully saturated rings. The lowest BCUT2D eigenvalue weighted by molar-refractivity contribution is -0.128. The molecule has 3 aromatic rings. The third-order valence-corrected chi connectivity index (χ3v) is 5.63. The second kappa shape index (κ2) is 6.21. The van der Waals surface area contributed by atoms with E-state index in [-0.39, 0.29) is 11.9 Å². The SMILES string of the molecule is CC1c2ccsc2CCN1C(=O)/C=C/c1cccc2cccnc12. The van der Waals surface area contributed by atoms with Crippen molar-refractivity contribution in [3.63, 3.8) is 0 Å². The lowest BCUT2D eigenvalue weighted by Gasteiger charge is -2.32. The molecule has 0 aliphatic carbocycles. The first kappa shape index (κ1) is 15.1. The molecule has 1 aromatic carbocycles. The third-order valence-electron chi connectivity index (χ3n) is 4.63. The molecule has 1 amide bonds. The molecule has 1 atom stereocenters. The van der Waals surface area contributed by atoms with Crippen LogP contribution in [0.5, 0.6) is 0 Å². The molecular formula is C20H18N2OS. The Balaban J connectivity index is 1.59. The first-order chi connectivity index (χ1) is 11.7. The zero-order valence-electron chi connectivity index (χ0n) is 13.5. The van der Waals surface area contributed by atoms with Crippen LogP contribution in [0.2, 0.25) is 0 Å². The van der Waals surface area contributed by atoms with Crippen LogP contribution in [-0.2, 0) is 11.2 Å². The van der Waals surface area contributed by atoms with Gasteiger partial charge in [0.25, 0.3) is 0 Å². The average Bonchev–Trinajstić information content (AvgIpc) is 3.09. The zero-order chi connectivity index (χ0) is 16.5. The van der Waals surface area contributed by atoms with Gasteiger partial charge < -0.3 is 4.90 Å². The van der Waals surface area contributed by atoms with Crippen LogP contribution in [0, 0.1) is 0 Å². The summed E-state index contributed by atoms with van der Waals surface area (Å²) in [6.45, 7) is 2.89. The van der Waals surface area contributed by atoms with Gasteiger partial charge in [0, 0.05) is 34.6 Å². The van der Waals surface area contributed by atoms with Gasteiger partial charge in [-0.15, -0.1) is 11.3 Å². The number of amides is 1. The molecule has 2 aromatic heterocycles. The fourth-order valence-electron chi connectivity index (χ4n) is 3.33. The zero-order valence-corrected chi connectivity index (χ0v) is 14.3. The molecule has 3 heterocycles. The number of pyridine rings is 1. The predicted molar refractivity (Wildman–Crippen MR) is 98.9 cm³/mol. The molecule has 3 nitrogen and oxygen atoms in total. The Morgan fingerprint density at radius 1 is 1.29 bits per heavy atom. The summed E-state index contributed by atoms with van der Waals surface area (Å²) in [6.07, 6.45) is 6.30. The smallest absolute Gasteiger partial charge is 0.247 e. The summed E-state index contributed by atoms with van der Waals surface area (Å²) in [5, 5.41) is 3.20. The molecule has 24 heavy (non-hydrogen) atoms. The van der Waals surface area contributed by atoms with Crippen LogP contribution < -0.4 is 0 Å². The quantitative estimate of drug-likeness (QED) is 0.649. The predicted octanol–water partition coefficient (Wildman–Crippen LogP) is 4.46. The van der Waals surface area contributed by atoms with E-state index >= 15 is 0 Å². The Morgan fingerprint density at radius 2 is 2.17 bits per heavy atom. The van der Waals surface area contributed by atoms with Crippen molar-refractivity contribution in [1.82, 2.24) is 9.88 Å². The molecule has 0 bridgehead atoms. The molecule has 120 valence electrons. The molecule has 0 N–H and O–H groups in total. The number of fused-ring (bicyclic) bond motifs is 2. The van der Waals surface area contributed by atoms with Crippen molar-refractivity contribution in [3.05, 3.63) is 70.1 Å². The molecule has 0 saturated heterocycles. The minimum absolute atomic E-state index is 0.0623. The number of benzene rings is 1. The maximum atomic E-state index is 12.7. The van der Waals surface area contributed by atoms with Crippen molar-refractivity contribution in [1.29, 1.82) is 0 Å². The summed E-state index contributed by atoms with van der Waals surface area (Å²) in [6, 6.07) is 12.3. The highest BCUT2D eigenvalue weighted by molar-refractivity contribution is 7.10. The molecule has 0 radical (unpaired) electrons. The molecule has 0 spiro atoms. The second-order valence-electron chi connectivity index (χ2n) is 6.01. The van der Waals surface area contributed by atoms with Gasteiger partial charge in [0.1, 0.15) is 0 Å². The van der Waals surface area contributed by atoms with Crippen molar-refractivity contribution in [2.75, 3.05) is 6.54 Å². The van der Waals surface area contributed by atoms with Crippen LogP contribution in [-0.4, -0.2) is 22.3 Å². The molecule has 1 unspecified atom stereocenters. The van der Waals surface area contributed by atoms with Crippen molar-refractivity contribution in [2.45, 2.75) is 19.4 Å². The lowest BCUT2D eigenvalue weighted by atomic mass is 10.0. The fraction of sp³-hybridized carbons (Fsp3) is 0.200. The van der Waals surface area contributed by atoms with Gasteiger partial charge in [-0.1, -0.05) is 24.3 Å². The van der Waals surface area contributed by atoms with Crippen LogP contribution in [0.1, 0.15) is 29.0 Å². The molecule has 4 heteroatoms.